The van der Waals surface area contributed by atoms with E-state index in [2.05, 4.69) is 13.8 Å². The van der Waals surface area contributed by atoms with Crippen LogP contribution in [0.3, 0.4) is 0 Å². The number of carbonyl (C=O) groups is 2. The lowest BCUT2D eigenvalue weighted by Gasteiger charge is -2.30. The molecule has 1 amide bonds. The molecule has 0 aromatic rings. The topological polar surface area (TPSA) is 46.6 Å². The fourth-order valence-electron chi connectivity index (χ4n) is 3.44. The number of esters is 1. The molecule has 0 aromatic carbocycles. The number of nitrogens with zero attached hydrogens (tertiary/aromatic N) is 1. The highest BCUT2D eigenvalue weighted by molar-refractivity contribution is 5.86. The number of cyclic esters (lactones) is 1. The van der Waals surface area contributed by atoms with E-state index in [-0.39, 0.29) is 29.9 Å². The normalized spacial score (nSPS) is 22.5. The summed E-state index contributed by atoms with van der Waals surface area (Å²) in [4.78, 5) is 25.8. The Morgan fingerprint density at radius 2 is 1.65 bits per heavy atom. The van der Waals surface area contributed by atoms with Crippen LogP contribution in [0.15, 0.2) is 0 Å². The van der Waals surface area contributed by atoms with Crippen LogP contribution in [0.1, 0.15) is 86.0 Å². The van der Waals surface area contributed by atoms with E-state index in [9.17, 15) is 9.59 Å². The van der Waals surface area contributed by atoms with Crippen molar-refractivity contribution in [2.24, 2.45) is 11.8 Å². The molecule has 4 heteroatoms. The smallest absolute Gasteiger partial charge is 0.331 e. The molecule has 1 saturated heterocycles. The van der Waals surface area contributed by atoms with Gasteiger partial charge in [0.2, 0.25) is 5.91 Å². The molecule has 0 saturated carbocycles. The predicted molar refractivity (Wildman–Crippen MR) is 92.8 cm³/mol. The minimum absolute atomic E-state index is 0.0639. The fraction of sp³-hybridized carbons (Fsp3) is 0.895. The molecule has 0 aliphatic carbocycles. The fourth-order valence-corrected chi connectivity index (χ4v) is 3.44. The van der Waals surface area contributed by atoms with Gasteiger partial charge in [-0.15, -0.1) is 0 Å². The molecule has 4 nitrogen and oxygen atoms in total. The Labute approximate surface area is 141 Å². The first-order chi connectivity index (χ1) is 10.9. The maximum Gasteiger partial charge on any atom is 0.331 e. The molecule has 1 aliphatic rings. The first-order valence-corrected chi connectivity index (χ1v) is 9.39. The van der Waals surface area contributed by atoms with Gasteiger partial charge in [-0.3, -0.25) is 9.69 Å². The van der Waals surface area contributed by atoms with Crippen LogP contribution in [0.5, 0.6) is 0 Å². The van der Waals surface area contributed by atoms with Crippen molar-refractivity contribution in [2.75, 3.05) is 0 Å². The van der Waals surface area contributed by atoms with Crippen LogP contribution < -0.4 is 0 Å². The van der Waals surface area contributed by atoms with E-state index >= 15 is 0 Å². The standard InChI is InChI=1S/C19H35NO3/c1-6-7-8-9-10-11-12-13-15(4)18-20(16(5)21)17(14(2)3)19(22)23-18/h14-15,17-18H,6-13H2,1-5H3. The van der Waals surface area contributed by atoms with Crippen molar-refractivity contribution in [3.05, 3.63) is 0 Å². The third-order valence-corrected chi connectivity index (χ3v) is 4.80. The number of rotatable bonds is 10. The minimum Gasteiger partial charge on any atom is -0.440 e. The molecular weight excluding hydrogens is 290 g/mol. The molecule has 134 valence electrons. The van der Waals surface area contributed by atoms with Crippen LogP contribution in [0, 0.1) is 11.8 Å². The van der Waals surface area contributed by atoms with Gasteiger partial charge in [0.05, 0.1) is 0 Å². The zero-order valence-corrected chi connectivity index (χ0v) is 15.6. The first-order valence-electron chi connectivity index (χ1n) is 9.39. The van der Waals surface area contributed by atoms with Crippen molar-refractivity contribution >= 4 is 11.9 Å². The first kappa shape index (κ1) is 20.0. The number of ether oxygens (including phenoxy) is 1. The van der Waals surface area contributed by atoms with Crippen LogP contribution in [0.2, 0.25) is 0 Å². The average molecular weight is 325 g/mol. The van der Waals surface area contributed by atoms with Gasteiger partial charge in [0.1, 0.15) is 6.04 Å². The Kier molecular flexibility index (Phi) is 8.64. The third-order valence-electron chi connectivity index (χ3n) is 4.80. The van der Waals surface area contributed by atoms with Crippen LogP contribution in [-0.2, 0) is 14.3 Å². The summed E-state index contributed by atoms with van der Waals surface area (Å²) in [5.41, 5.74) is 0. The van der Waals surface area contributed by atoms with Gasteiger partial charge < -0.3 is 4.74 Å². The van der Waals surface area contributed by atoms with Gasteiger partial charge in [0, 0.05) is 12.8 Å². The van der Waals surface area contributed by atoms with Crippen molar-refractivity contribution in [3.63, 3.8) is 0 Å². The Balaban J connectivity index is 2.43. The lowest BCUT2D eigenvalue weighted by molar-refractivity contribution is -0.146. The Bertz CT molecular complexity index is 381. The average Bonchev–Trinajstić information content (AvgIpc) is 2.84. The van der Waals surface area contributed by atoms with Crippen LogP contribution in [0.25, 0.3) is 0 Å². The lowest BCUT2D eigenvalue weighted by Crippen LogP contribution is -2.46. The summed E-state index contributed by atoms with van der Waals surface area (Å²) < 4.78 is 5.55. The van der Waals surface area contributed by atoms with Gasteiger partial charge >= 0.3 is 5.97 Å². The van der Waals surface area contributed by atoms with Crippen molar-refractivity contribution in [1.82, 2.24) is 4.90 Å². The van der Waals surface area contributed by atoms with E-state index in [1.807, 2.05) is 13.8 Å². The molecular formula is C19H35NO3. The van der Waals surface area contributed by atoms with Gasteiger partial charge in [-0.25, -0.2) is 4.79 Å². The minimum atomic E-state index is -0.422. The molecule has 0 spiro atoms. The summed E-state index contributed by atoms with van der Waals surface area (Å²) in [5, 5.41) is 0. The van der Waals surface area contributed by atoms with Gasteiger partial charge in [-0.05, 0) is 12.3 Å². The zero-order valence-electron chi connectivity index (χ0n) is 15.6. The van der Waals surface area contributed by atoms with E-state index in [0.29, 0.717) is 0 Å². The van der Waals surface area contributed by atoms with Crippen LogP contribution >= 0.6 is 0 Å². The van der Waals surface area contributed by atoms with Gasteiger partial charge in [0.15, 0.2) is 6.23 Å². The summed E-state index contributed by atoms with van der Waals surface area (Å²) in [6.45, 7) is 9.78. The molecule has 1 fully saturated rings. The highest BCUT2D eigenvalue weighted by atomic mass is 16.6. The van der Waals surface area contributed by atoms with E-state index in [1.54, 1.807) is 4.90 Å². The number of hydrogen-bond acceptors (Lipinski definition) is 3. The van der Waals surface area contributed by atoms with Crippen molar-refractivity contribution < 1.29 is 14.3 Å². The number of hydrogen-bond donors (Lipinski definition) is 0. The van der Waals surface area contributed by atoms with E-state index in [0.717, 1.165) is 12.8 Å². The van der Waals surface area contributed by atoms with E-state index in [1.165, 1.54) is 45.4 Å². The number of amides is 1. The third kappa shape index (κ3) is 5.82. The largest absolute Gasteiger partial charge is 0.440 e. The maximum atomic E-state index is 12.1. The SMILES string of the molecule is CCCCCCCCCC(C)C1OC(=O)C(C(C)C)N1C(C)=O. The summed E-state index contributed by atoms with van der Waals surface area (Å²) in [7, 11) is 0. The molecule has 1 rings (SSSR count). The van der Waals surface area contributed by atoms with Gasteiger partial charge in [-0.2, -0.15) is 0 Å². The summed E-state index contributed by atoms with van der Waals surface area (Å²) in [5.74, 6) is -0.0259. The quantitative estimate of drug-likeness (QED) is 0.438. The Morgan fingerprint density at radius 3 is 2.17 bits per heavy atom. The zero-order chi connectivity index (χ0) is 17.4. The predicted octanol–water partition coefficient (Wildman–Crippen LogP) is 4.52. The molecule has 1 heterocycles. The molecule has 0 aromatic heterocycles. The number of carbonyl (C=O) groups excluding carboxylic acids is 2. The highest BCUT2D eigenvalue weighted by Gasteiger charge is 2.47. The second-order valence-electron chi connectivity index (χ2n) is 7.33. The molecule has 3 unspecified atom stereocenters. The van der Waals surface area contributed by atoms with Crippen LogP contribution in [0.4, 0.5) is 0 Å². The van der Waals surface area contributed by atoms with Crippen molar-refractivity contribution in [3.8, 4) is 0 Å². The summed E-state index contributed by atoms with van der Waals surface area (Å²) >= 11 is 0. The van der Waals surface area contributed by atoms with Crippen LogP contribution in [-0.4, -0.2) is 29.0 Å². The van der Waals surface area contributed by atoms with E-state index in [4.69, 9.17) is 4.74 Å². The molecule has 0 N–H and O–H groups in total. The van der Waals surface area contributed by atoms with Crippen molar-refractivity contribution in [2.45, 2.75) is 98.3 Å². The van der Waals surface area contributed by atoms with Gasteiger partial charge in [0.25, 0.3) is 0 Å². The monoisotopic (exact) mass is 325 g/mol. The lowest BCUT2D eigenvalue weighted by atomic mass is 9.98. The Morgan fingerprint density at radius 1 is 1.09 bits per heavy atom. The van der Waals surface area contributed by atoms with E-state index < -0.39 is 6.04 Å². The number of unbranched alkanes of at least 4 members (excludes halogenated alkanes) is 6. The van der Waals surface area contributed by atoms with Crippen molar-refractivity contribution in [1.29, 1.82) is 0 Å². The summed E-state index contributed by atoms with van der Waals surface area (Å²) in [6, 6.07) is -0.422. The highest BCUT2D eigenvalue weighted by Crippen LogP contribution is 2.30. The molecule has 0 radical (unpaired) electrons. The second-order valence-corrected chi connectivity index (χ2v) is 7.33. The maximum absolute atomic E-state index is 12.1. The van der Waals surface area contributed by atoms with Gasteiger partial charge in [-0.1, -0.05) is 72.6 Å². The molecule has 3 atom stereocenters. The molecule has 23 heavy (non-hydrogen) atoms. The molecule has 0 bridgehead atoms. The summed E-state index contributed by atoms with van der Waals surface area (Å²) in [6.07, 6.45) is 9.52. The Hall–Kier alpha value is -1.06. The molecule has 1 aliphatic heterocycles. The second kappa shape index (κ2) is 9.94.